The number of benzene rings is 3. The predicted molar refractivity (Wildman–Crippen MR) is 156 cm³/mol. The van der Waals surface area contributed by atoms with Gasteiger partial charge < -0.3 is 31.3 Å². The number of urea groups is 1. The van der Waals surface area contributed by atoms with Gasteiger partial charge in [-0.05, 0) is 72.7 Å². The topological polar surface area (TPSA) is 126 Å². The first-order valence-corrected chi connectivity index (χ1v) is 13.3. The lowest BCUT2D eigenvalue weighted by Crippen LogP contribution is -2.56. The monoisotopic (exact) mass is 543 g/mol. The van der Waals surface area contributed by atoms with E-state index in [-0.39, 0.29) is 17.8 Å². The summed E-state index contributed by atoms with van der Waals surface area (Å²) in [6.45, 7) is 3.97. The summed E-state index contributed by atoms with van der Waals surface area (Å²) in [5.74, 6) is 0.158. The average molecular weight is 544 g/mol. The van der Waals surface area contributed by atoms with Gasteiger partial charge >= 0.3 is 6.03 Å². The third-order valence-corrected chi connectivity index (χ3v) is 7.02. The largest absolute Gasteiger partial charge is 0.497 e. The molecule has 4 amide bonds. The molecule has 0 saturated carbocycles. The van der Waals surface area contributed by atoms with Crippen molar-refractivity contribution in [2.24, 2.45) is 5.73 Å². The second-order valence-corrected chi connectivity index (χ2v) is 10.5. The van der Waals surface area contributed by atoms with Crippen molar-refractivity contribution < 1.29 is 19.1 Å². The van der Waals surface area contributed by atoms with Crippen molar-refractivity contribution in [1.82, 2.24) is 16.0 Å². The molecular formula is C31H37N5O4. The summed E-state index contributed by atoms with van der Waals surface area (Å²) in [5, 5.41) is 8.27. The highest BCUT2D eigenvalue weighted by Crippen LogP contribution is 2.32. The Bertz CT molecular complexity index is 1380. The van der Waals surface area contributed by atoms with Crippen LogP contribution in [0.15, 0.2) is 66.7 Å². The van der Waals surface area contributed by atoms with E-state index in [0.29, 0.717) is 31.7 Å². The molecule has 0 radical (unpaired) electrons. The number of aryl methyl sites for hydroxylation is 1. The first kappa shape index (κ1) is 28.6. The standard InChI is InChI=1S/C31H37N5O4/c1-31(2,32)29(38)35-26-15-13-22-17-24(40-4)14-16-27(22)36(28(26)37)19-20-9-11-21(12-10-20)25-8-6-5-7-23(25)18-34-30(39)33-3/h5-12,14,16-17,26H,13,15,18-19,32H2,1-4H3,(H,35,38)(H2,33,34,39)/t26-/m1/s1. The smallest absolute Gasteiger partial charge is 0.314 e. The summed E-state index contributed by atoms with van der Waals surface area (Å²) in [4.78, 5) is 39.9. The summed E-state index contributed by atoms with van der Waals surface area (Å²) < 4.78 is 5.42. The van der Waals surface area contributed by atoms with Crippen LogP contribution in [0.3, 0.4) is 0 Å². The van der Waals surface area contributed by atoms with Crippen LogP contribution in [0.2, 0.25) is 0 Å². The number of methoxy groups -OCH3 is 1. The van der Waals surface area contributed by atoms with Crippen molar-refractivity contribution in [3.8, 4) is 16.9 Å². The van der Waals surface area contributed by atoms with E-state index < -0.39 is 11.6 Å². The molecule has 0 aliphatic carbocycles. The zero-order valence-corrected chi connectivity index (χ0v) is 23.4. The van der Waals surface area contributed by atoms with Crippen molar-refractivity contribution in [2.45, 2.75) is 51.4 Å². The third-order valence-electron chi connectivity index (χ3n) is 7.02. The average Bonchev–Trinajstić information content (AvgIpc) is 3.07. The SMILES string of the molecule is CNC(=O)NCc1ccccc1-c1ccc(CN2C(=O)[C@H](NC(=O)C(C)(C)N)CCc3cc(OC)ccc32)cc1. The van der Waals surface area contributed by atoms with Gasteiger partial charge in [-0.2, -0.15) is 0 Å². The van der Waals surface area contributed by atoms with Crippen LogP contribution < -0.4 is 31.3 Å². The molecule has 1 aliphatic rings. The number of rotatable bonds is 8. The lowest BCUT2D eigenvalue weighted by molar-refractivity contribution is -0.130. The number of hydrogen-bond acceptors (Lipinski definition) is 5. The number of nitrogens with one attached hydrogen (secondary N) is 3. The summed E-state index contributed by atoms with van der Waals surface area (Å²) >= 11 is 0. The molecule has 0 aromatic heterocycles. The van der Waals surface area contributed by atoms with Gasteiger partial charge in [-0.3, -0.25) is 9.59 Å². The lowest BCUT2D eigenvalue weighted by Gasteiger charge is -2.28. The zero-order chi connectivity index (χ0) is 28.9. The predicted octanol–water partition coefficient (Wildman–Crippen LogP) is 3.49. The Hall–Kier alpha value is -4.37. The van der Waals surface area contributed by atoms with Crippen molar-refractivity contribution in [3.05, 3.63) is 83.4 Å². The van der Waals surface area contributed by atoms with E-state index in [1.54, 1.807) is 32.9 Å². The summed E-state index contributed by atoms with van der Waals surface area (Å²) in [7, 11) is 3.20. The van der Waals surface area contributed by atoms with Gasteiger partial charge in [0, 0.05) is 19.3 Å². The number of fused-ring (bicyclic) bond motifs is 1. The van der Waals surface area contributed by atoms with Gasteiger partial charge in [-0.1, -0.05) is 48.5 Å². The first-order chi connectivity index (χ1) is 19.1. The molecule has 0 spiro atoms. The van der Waals surface area contributed by atoms with E-state index in [9.17, 15) is 14.4 Å². The van der Waals surface area contributed by atoms with Gasteiger partial charge in [0.2, 0.25) is 11.8 Å². The van der Waals surface area contributed by atoms with E-state index in [1.807, 2.05) is 66.7 Å². The maximum Gasteiger partial charge on any atom is 0.314 e. The molecule has 0 fully saturated rings. The molecule has 0 saturated heterocycles. The highest BCUT2D eigenvalue weighted by Gasteiger charge is 2.34. The van der Waals surface area contributed by atoms with Gasteiger partial charge in [0.05, 0.1) is 19.2 Å². The van der Waals surface area contributed by atoms with E-state index in [1.165, 1.54) is 0 Å². The van der Waals surface area contributed by atoms with Crippen molar-refractivity contribution in [2.75, 3.05) is 19.1 Å². The van der Waals surface area contributed by atoms with E-state index >= 15 is 0 Å². The van der Waals surface area contributed by atoms with Crippen LogP contribution >= 0.6 is 0 Å². The number of nitrogens with zero attached hydrogens (tertiary/aromatic N) is 1. The number of ether oxygens (including phenoxy) is 1. The molecule has 9 nitrogen and oxygen atoms in total. The number of carbonyl (C=O) groups is 3. The Balaban J connectivity index is 1.61. The Kier molecular flexibility index (Phi) is 8.74. The highest BCUT2D eigenvalue weighted by atomic mass is 16.5. The molecule has 3 aromatic rings. The number of nitrogens with two attached hydrogens (primary N) is 1. The fourth-order valence-corrected chi connectivity index (χ4v) is 4.72. The van der Waals surface area contributed by atoms with Crippen LogP contribution in [0, 0.1) is 0 Å². The number of carbonyl (C=O) groups excluding carboxylic acids is 3. The summed E-state index contributed by atoms with van der Waals surface area (Å²) in [6, 6.07) is 20.7. The molecule has 1 atom stereocenters. The van der Waals surface area contributed by atoms with Crippen LogP contribution in [-0.4, -0.2) is 43.6 Å². The Morgan fingerprint density at radius 2 is 1.80 bits per heavy atom. The van der Waals surface area contributed by atoms with Crippen LogP contribution in [0.4, 0.5) is 10.5 Å². The quantitative estimate of drug-likeness (QED) is 0.346. The van der Waals surface area contributed by atoms with Crippen molar-refractivity contribution in [1.29, 1.82) is 0 Å². The molecular weight excluding hydrogens is 506 g/mol. The number of anilines is 1. The molecule has 210 valence electrons. The van der Waals surface area contributed by atoms with Gasteiger partial charge in [-0.25, -0.2) is 4.79 Å². The second kappa shape index (κ2) is 12.2. The first-order valence-electron chi connectivity index (χ1n) is 13.3. The molecule has 40 heavy (non-hydrogen) atoms. The summed E-state index contributed by atoms with van der Waals surface area (Å²) in [6.07, 6.45) is 1.06. The van der Waals surface area contributed by atoms with Crippen molar-refractivity contribution >= 4 is 23.5 Å². The summed E-state index contributed by atoms with van der Waals surface area (Å²) in [5.41, 5.74) is 10.6. The molecule has 5 N–H and O–H groups in total. The van der Waals surface area contributed by atoms with Crippen molar-refractivity contribution in [3.63, 3.8) is 0 Å². The molecule has 0 unspecified atom stereocenters. The molecule has 3 aromatic carbocycles. The highest BCUT2D eigenvalue weighted by molar-refractivity contribution is 6.01. The van der Waals surface area contributed by atoms with Crippen LogP contribution in [0.5, 0.6) is 5.75 Å². The minimum Gasteiger partial charge on any atom is -0.497 e. The van der Waals surface area contributed by atoms with E-state index in [4.69, 9.17) is 10.5 Å². The van der Waals surface area contributed by atoms with E-state index in [2.05, 4.69) is 16.0 Å². The normalized spacial score (nSPS) is 15.1. The molecule has 1 heterocycles. The van der Waals surface area contributed by atoms with Gasteiger partial charge in [0.15, 0.2) is 0 Å². The minimum absolute atomic E-state index is 0.184. The number of hydrogen-bond donors (Lipinski definition) is 4. The molecule has 1 aliphatic heterocycles. The molecule has 4 rings (SSSR count). The lowest BCUT2D eigenvalue weighted by atomic mass is 9.98. The Morgan fingerprint density at radius 1 is 1.07 bits per heavy atom. The van der Waals surface area contributed by atoms with Gasteiger partial charge in [0.1, 0.15) is 11.8 Å². The minimum atomic E-state index is -1.10. The fraction of sp³-hybridized carbons (Fsp3) is 0.323. The molecule has 0 bridgehead atoms. The Morgan fingerprint density at radius 3 is 2.48 bits per heavy atom. The maximum absolute atomic E-state index is 13.8. The van der Waals surface area contributed by atoms with Gasteiger partial charge in [0.25, 0.3) is 0 Å². The zero-order valence-electron chi connectivity index (χ0n) is 23.4. The molecule has 9 heteroatoms. The van der Waals surface area contributed by atoms with Crippen LogP contribution in [0.1, 0.15) is 37.0 Å². The van der Waals surface area contributed by atoms with E-state index in [0.717, 1.165) is 33.5 Å². The third kappa shape index (κ3) is 6.60. The Labute approximate surface area is 235 Å². The van der Waals surface area contributed by atoms with Crippen LogP contribution in [-0.2, 0) is 29.1 Å². The number of amides is 4. The van der Waals surface area contributed by atoms with Crippen LogP contribution in [0.25, 0.3) is 11.1 Å². The fourth-order valence-electron chi connectivity index (χ4n) is 4.72. The second-order valence-electron chi connectivity index (χ2n) is 10.5. The maximum atomic E-state index is 13.8. The van der Waals surface area contributed by atoms with Gasteiger partial charge in [-0.15, -0.1) is 0 Å².